The number of nitrogens with zero attached hydrogens (tertiary/aromatic N) is 2. The average molecular weight is 340 g/mol. The van der Waals surface area contributed by atoms with Crippen molar-refractivity contribution in [3.8, 4) is 5.75 Å². The van der Waals surface area contributed by atoms with Gasteiger partial charge in [0, 0.05) is 5.69 Å². The van der Waals surface area contributed by atoms with Crippen molar-refractivity contribution in [2.24, 2.45) is 0 Å². The molecule has 1 aliphatic heterocycles. The molecule has 7 heteroatoms. The van der Waals surface area contributed by atoms with Crippen LogP contribution in [0.1, 0.15) is 18.9 Å². The van der Waals surface area contributed by atoms with E-state index in [4.69, 9.17) is 10.5 Å². The van der Waals surface area contributed by atoms with Gasteiger partial charge in [-0.1, -0.05) is 24.6 Å². The second-order valence-electron chi connectivity index (χ2n) is 5.91. The fourth-order valence-corrected chi connectivity index (χ4v) is 2.61. The maximum absolute atomic E-state index is 12.6. The molecule has 25 heavy (non-hydrogen) atoms. The Labute approximate surface area is 145 Å². The maximum atomic E-state index is 12.6. The minimum Gasteiger partial charge on any atom is -0.477 e. The summed E-state index contributed by atoms with van der Waals surface area (Å²) in [6, 6.07) is 10.7. The van der Waals surface area contributed by atoms with Gasteiger partial charge in [-0.25, -0.2) is 4.98 Å². The van der Waals surface area contributed by atoms with Crippen molar-refractivity contribution in [3.63, 3.8) is 0 Å². The van der Waals surface area contributed by atoms with Crippen LogP contribution in [0.4, 0.5) is 17.3 Å². The molecule has 3 N–H and O–H groups in total. The van der Waals surface area contributed by atoms with Crippen LogP contribution in [-0.2, 0) is 9.59 Å². The van der Waals surface area contributed by atoms with Gasteiger partial charge in [0.05, 0.1) is 0 Å². The monoisotopic (exact) mass is 340 g/mol. The summed E-state index contributed by atoms with van der Waals surface area (Å²) in [6.07, 6.45) is -0.135. The number of benzene rings is 1. The molecule has 2 heterocycles. The summed E-state index contributed by atoms with van der Waals surface area (Å²) in [5.74, 6) is 0.364. The maximum Gasteiger partial charge on any atom is 0.269 e. The van der Waals surface area contributed by atoms with Gasteiger partial charge in [-0.2, -0.15) is 0 Å². The second kappa shape index (κ2) is 6.80. The van der Waals surface area contributed by atoms with Crippen LogP contribution in [0.15, 0.2) is 36.4 Å². The largest absolute Gasteiger partial charge is 0.477 e. The number of nitrogen functional groups attached to an aromatic ring is 1. The predicted octanol–water partition coefficient (Wildman–Crippen LogP) is 2.11. The van der Waals surface area contributed by atoms with Gasteiger partial charge in [0.25, 0.3) is 5.91 Å². The molecule has 0 bridgehead atoms. The first kappa shape index (κ1) is 16.8. The highest BCUT2D eigenvalue weighted by atomic mass is 16.5. The molecule has 0 aliphatic carbocycles. The zero-order valence-electron chi connectivity index (χ0n) is 14.2. The summed E-state index contributed by atoms with van der Waals surface area (Å²) >= 11 is 0. The average Bonchev–Trinajstić information content (AvgIpc) is 2.59. The molecule has 1 aliphatic rings. The smallest absolute Gasteiger partial charge is 0.269 e. The van der Waals surface area contributed by atoms with Gasteiger partial charge in [0.15, 0.2) is 17.7 Å². The Morgan fingerprint density at radius 3 is 2.68 bits per heavy atom. The lowest BCUT2D eigenvalue weighted by atomic mass is 10.2. The zero-order valence-corrected chi connectivity index (χ0v) is 14.2. The number of anilines is 3. The summed E-state index contributed by atoms with van der Waals surface area (Å²) in [5, 5.41) is 2.78. The Balaban J connectivity index is 1.82. The van der Waals surface area contributed by atoms with Crippen LogP contribution in [0, 0.1) is 6.92 Å². The third-order valence-electron chi connectivity index (χ3n) is 3.94. The topological polar surface area (TPSA) is 97.6 Å². The van der Waals surface area contributed by atoms with Crippen LogP contribution in [-0.4, -0.2) is 29.4 Å². The molecular weight excluding hydrogens is 320 g/mol. The molecular formula is C18H20N4O3. The van der Waals surface area contributed by atoms with Gasteiger partial charge in [-0.3, -0.25) is 14.5 Å². The fourth-order valence-electron chi connectivity index (χ4n) is 2.61. The normalized spacial score (nSPS) is 16.2. The van der Waals surface area contributed by atoms with Gasteiger partial charge in [0.2, 0.25) is 5.91 Å². The van der Waals surface area contributed by atoms with E-state index in [2.05, 4.69) is 10.3 Å². The number of aryl methyl sites for hydroxylation is 1. The number of hydrogen-bond acceptors (Lipinski definition) is 5. The van der Waals surface area contributed by atoms with Crippen LogP contribution < -0.4 is 20.7 Å². The SMILES string of the molecule is CCC1Oc2ccc(N)nc2N(CC(=O)Nc2ccc(C)cc2)C1=O. The highest BCUT2D eigenvalue weighted by Crippen LogP contribution is 2.33. The number of amides is 2. The number of hydrogen-bond donors (Lipinski definition) is 2. The Bertz CT molecular complexity index is 804. The molecule has 2 aromatic rings. The molecule has 1 unspecified atom stereocenters. The van der Waals surface area contributed by atoms with Crippen LogP contribution >= 0.6 is 0 Å². The number of fused-ring (bicyclic) bond motifs is 1. The van der Waals surface area contributed by atoms with E-state index in [1.165, 1.54) is 4.90 Å². The van der Waals surface area contributed by atoms with E-state index in [1.807, 2.05) is 38.1 Å². The molecule has 0 saturated carbocycles. The minimum atomic E-state index is -0.634. The third-order valence-corrected chi connectivity index (χ3v) is 3.94. The van der Waals surface area contributed by atoms with Crippen LogP contribution in [0.3, 0.4) is 0 Å². The molecule has 0 saturated heterocycles. The van der Waals surface area contributed by atoms with Crippen molar-refractivity contribution < 1.29 is 14.3 Å². The van der Waals surface area contributed by atoms with Crippen molar-refractivity contribution >= 4 is 29.1 Å². The molecule has 0 fully saturated rings. The van der Waals surface area contributed by atoms with E-state index in [0.29, 0.717) is 17.9 Å². The van der Waals surface area contributed by atoms with Gasteiger partial charge >= 0.3 is 0 Å². The first-order chi connectivity index (χ1) is 12.0. The number of nitrogens with two attached hydrogens (primary N) is 1. The highest BCUT2D eigenvalue weighted by Gasteiger charge is 2.35. The summed E-state index contributed by atoms with van der Waals surface area (Å²) < 4.78 is 5.65. The lowest BCUT2D eigenvalue weighted by Gasteiger charge is -2.32. The number of aromatic nitrogens is 1. The number of carbonyl (C=O) groups is 2. The van der Waals surface area contributed by atoms with Crippen LogP contribution in [0.25, 0.3) is 0 Å². The fraction of sp³-hybridized carbons (Fsp3) is 0.278. The molecule has 0 radical (unpaired) electrons. The van der Waals surface area contributed by atoms with E-state index in [-0.39, 0.29) is 30.0 Å². The van der Waals surface area contributed by atoms with Gasteiger partial charge in [-0.15, -0.1) is 0 Å². The lowest BCUT2D eigenvalue weighted by Crippen LogP contribution is -2.49. The van der Waals surface area contributed by atoms with Crippen molar-refractivity contribution in [1.82, 2.24) is 4.98 Å². The van der Waals surface area contributed by atoms with Crippen molar-refractivity contribution in [2.45, 2.75) is 26.4 Å². The predicted molar refractivity (Wildman–Crippen MR) is 95.5 cm³/mol. The lowest BCUT2D eigenvalue weighted by molar-refractivity contribution is -0.128. The quantitative estimate of drug-likeness (QED) is 0.888. The Kier molecular flexibility index (Phi) is 4.56. The third kappa shape index (κ3) is 3.55. The summed E-state index contributed by atoms with van der Waals surface area (Å²) in [7, 11) is 0. The Morgan fingerprint density at radius 1 is 1.28 bits per heavy atom. The van der Waals surface area contributed by atoms with E-state index in [1.54, 1.807) is 12.1 Å². The number of rotatable bonds is 4. The second-order valence-corrected chi connectivity index (χ2v) is 5.91. The molecule has 1 aromatic carbocycles. The van der Waals surface area contributed by atoms with Gasteiger partial charge in [-0.05, 0) is 37.6 Å². The number of nitrogens with one attached hydrogen (secondary N) is 1. The summed E-state index contributed by atoms with van der Waals surface area (Å²) in [5.41, 5.74) is 7.49. The van der Waals surface area contributed by atoms with E-state index >= 15 is 0 Å². The number of ether oxygens (including phenoxy) is 1. The summed E-state index contributed by atoms with van der Waals surface area (Å²) in [4.78, 5) is 30.5. The Morgan fingerprint density at radius 2 is 2.00 bits per heavy atom. The molecule has 0 spiro atoms. The first-order valence-corrected chi connectivity index (χ1v) is 8.09. The highest BCUT2D eigenvalue weighted by molar-refractivity contribution is 6.05. The van der Waals surface area contributed by atoms with Gasteiger partial charge < -0.3 is 15.8 Å². The van der Waals surface area contributed by atoms with Crippen molar-refractivity contribution in [1.29, 1.82) is 0 Å². The van der Waals surface area contributed by atoms with Crippen LogP contribution in [0.2, 0.25) is 0 Å². The molecule has 130 valence electrons. The zero-order chi connectivity index (χ0) is 18.0. The van der Waals surface area contributed by atoms with Crippen molar-refractivity contribution in [3.05, 3.63) is 42.0 Å². The molecule has 7 nitrogen and oxygen atoms in total. The molecule has 3 rings (SSSR count). The molecule has 2 amide bonds. The molecule has 1 aromatic heterocycles. The minimum absolute atomic E-state index is 0.157. The first-order valence-electron chi connectivity index (χ1n) is 8.09. The summed E-state index contributed by atoms with van der Waals surface area (Å²) in [6.45, 7) is 3.66. The van der Waals surface area contributed by atoms with E-state index in [9.17, 15) is 9.59 Å². The standard InChI is InChI=1S/C18H20N4O3/c1-3-13-18(24)22(17-14(25-13)8-9-15(19)21-17)10-16(23)20-12-6-4-11(2)5-7-12/h4-9,13H,3,10H2,1-2H3,(H2,19,21)(H,20,23). The number of carbonyl (C=O) groups excluding carboxylic acids is 2. The number of pyridine rings is 1. The van der Waals surface area contributed by atoms with Crippen LogP contribution in [0.5, 0.6) is 5.75 Å². The van der Waals surface area contributed by atoms with E-state index in [0.717, 1.165) is 5.56 Å². The molecule has 1 atom stereocenters. The Hall–Kier alpha value is -3.09. The van der Waals surface area contributed by atoms with E-state index < -0.39 is 6.10 Å². The van der Waals surface area contributed by atoms with Gasteiger partial charge in [0.1, 0.15) is 12.4 Å². The van der Waals surface area contributed by atoms with Crippen molar-refractivity contribution in [2.75, 3.05) is 22.5 Å².